The minimum Gasteiger partial charge on any atom is -0.467 e. The van der Waals surface area contributed by atoms with E-state index < -0.39 is 24.0 Å². The van der Waals surface area contributed by atoms with E-state index in [1.54, 1.807) is 24.5 Å². The van der Waals surface area contributed by atoms with Gasteiger partial charge in [-0.05, 0) is 25.5 Å². The van der Waals surface area contributed by atoms with Crippen LogP contribution in [0.25, 0.3) is 0 Å². The first kappa shape index (κ1) is 23.1. The Morgan fingerprint density at radius 1 is 1.23 bits per heavy atom. The minimum absolute atomic E-state index is 0.0325. The molecule has 1 aliphatic heterocycles. The zero-order valence-corrected chi connectivity index (χ0v) is 17.8. The number of pyridine rings is 1. The topological polar surface area (TPSA) is 121 Å². The first-order valence-electron chi connectivity index (χ1n) is 9.82. The highest BCUT2D eigenvalue weighted by molar-refractivity contribution is 5.91. The van der Waals surface area contributed by atoms with Crippen molar-refractivity contribution in [3.05, 3.63) is 30.1 Å². The largest absolute Gasteiger partial charge is 0.467 e. The van der Waals surface area contributed by atoms with E-state index in [9.17, 15) is 19.2 Å². The monoisotopic (exact) mass is 419 g/mol. The van der Waals surface area contributed by atoms with Gasteiger partial charge in [-0.3, -0.25) is 14.6 Å². The molecule has 0 radical (unpaired) electrons. The number of nitrogens with one attached hydrogen (secondary N) is 2. The Balaban J connectivity index is 2.16. The highest BCUT2D eigenvalue weighted by Gasteiger charge is 2.37. The Kier molecular flexibility index (Phi) is 8.14. The van der Waals surface area contributed by atoms with Crippen LogP contribution in [0.2, 0.25) is 0 Å². The third-order valence-electron chi connectivity index (χ3n) is 4.75. The van der Waals surface area contributed by atoms with Crippen molar-refractivity contribution >= 4 is 23.8 Å². The number of methoxy groups -OCH3 is 1. The number of amides is 4. The molecule has 0 aliphatic carbocycles. The number of rotatable bonds is 6. The van der Waals surface area contributed by atoms with E-state index in [1.807, 2.05) is 13.8 Å². The van der Waals surface area contributed by atoms with Crippen molar-refractivity contribution in [3.8, 4) is 0 Å². The van der Waals surface area contributed by atoms with Crippen LogP contribution in [0, 0.1) is 0 Å². The summed E-state index contributed by atoms with van der Waals surface area (Å²) < 4.78 is 4.82. The zero-order chi connectivity index (χ0) is 22.3. The van der Waals surface area contributed by atoms with E-state index in [2.05, 4.69) is 15.6 Å². The SMILES string of the molecule is COC(=O)C(Cc1cccnc1)NC(=O)C1CN(C(=O)NC(C)C)CCN1C(C)=O. The molecule has 1 aromatic rings. The van der Waals surface area contributed by atoms with Gasteiger partial charge in [-0.1, -0.05) is 6.07 Å². The van der Waals surface area contributed by atoms with Crippen LogP contribution in [-0.2, 0) is 25.5 Å². The summed E-state index contributed by atoms with van der Waals surface area (Å²) in [5.74, 6) is -1.40. The number of hydrogen-bond donors (Lipinski definition) is 2. The van der Waals surface area contributed by atoms with Crippen LogP contribution in [-0.4, -0.2) is 83.5 Å². The van der Waals surface area contributed by atoms with Crippen LogP contribution in [0.4, 0.5) is 4.79 Å². The molecule has 2 rings (SSSR count). The van der Waals surface area contributed by atoms with Crippen molar-refractivity contribution in [1.82, 2.24) is 25.4 Å². The molecule has 10 nitrogen and oxygen atoms in total. The molecule has 1 aromatic heterocycles. The number of piperazine rings is 1. The number of carbonyl (C=O) groups is 4. The third kappa shape index (κ3) is 6.16. The van der Waals surface area contributed by atoms with Crippen molar-refractivity contribution in [2.24, 2.45) is 0 Å². The average molecular weight is 419 g/mol. The maximum atomic E-state index is 13.0. The van der Waals surface area contributed by atoms with Crippen molar-refractivity contribution in [1.29, 1.82) is 0 Å². The van der Waals surface area contributed by atoms with Crippen LogP contribution in [0.15, 0.2) is 24.5 Å². The number of urea groups is 1. The first-order chi connectivity index (χ1) is 14.2. The van der Waals surface area contributed by atoms with E-state index in [4.69, 9.17) is 4.74 Å². The second-order valence-corrected chi connectivity index (χ2v) is 7.43. The number of esters is 1. The second-order valence-electron chi connectivity index (χ2n) is 7.43. The lowest BCUT2D eigenvalue weighted by molar-refractivity contribution is -0.147. The molecule has 4 amide bonds. The van der Waals surface area contributed by atoms with Gasteiger partial charge >= 0.3 is 12.0 Å². The maximum absolute atomic E-state index is 13.0. The fourth-order valence-electron chi connectivity index (χ4n) is 3.26. The molecular formula is C20H29N5O5. The van der Waals surface area contributed by atoms with E-state index >= 15 is 0 Å². The Hall–Kier alpha value is -3.17. The molecule has 0 spiro atoms. The molecule has 1 fully saturated rings. The fourth-order valence-corrected chi connectivity index (χ4v) is 3.26. The maximum Gasteiger partial charge on any atom is 0.328 e. The molecule has 2 atom stereocenters. The average Bonchev–Trinajstić information content (AvgIpc) is 2.72. The third-order valence-corrected chi connectivity index (χ3v) is 4.75. The summed E-state index contributed by atoms with van der Waals surface area (Å²) >= 11 is 0. The van der Waals surface area contributed by atoms with Gasteiger partial charge in [-0.25, -0.2) is 9.59 Å². The van der Waals surface area contributed by atoms with Crippen LogP contribution < -0.4 is 10.6 Å². The number of ether oxygens (including phenoxy) is 1. The second kappa shape index (κ2) is 10.6. The van der Waals surface area contributed by atoms with Crippen molar-refractivity contribution in [2.75, 3.05) is 26.7 Å². The van der Waals surface area contributed by atoms with Crippen molar-refractivity contribution < 1.29 is 23.9 Å². The lowest BCUT2D eigenvalue weighted by Crippen LogP contribution is -2.63. The van der Waals surface area contributed by atoms with Gasteiger partial charge in [-0.15, -0.1) is 0 Å². The predicted molar refractivity (Wildman–Crippen MR) is 108 cm³/mol. The first-order valence-corrected chi connectivity index (χ1v) is 9.82. The Bertz CT molecular complexity index is 770. The molecule has 1 saturated heterocycles. The van der Waals surface area contributed by atoms with Crippen molar-refractivity contribution in [3.63, 3.8) is 0 Å². The lowest BCUT2D eigenvalue weighted by atomic mass is 10.1. The van der Waals surface area contributed by atoms with Gasteiger partial charge in [0.05, 0.1) is 13.7 Å². The summed E-state index contributed by atoms with van der Waals surface area (Å²) in [5.41, 5.74) is 0.748. The summed E-state index contributed by atoms with van der Waals surface area (Å²) in [7, 11) is 1.24. The summed E-state index contributed by atoms with van der Waals surface area (Å²) in [4.78, 5) is 56.6. The molecule has 30 heavy (non-hydrogen) atoms. The molecule has 10 heteroatoms. The van der Waals surface area contributed by atoms with Crippen LogP contribution in [0.3, 0.4) is 0 Å². The molecule has 2 heterocycles. The molecule has 1 aliphatic rings. The Labute approximate surface area is 175 Å². The van der Waals surface area contributed by atoms with E-state index in [1.165, 1.54) is 23.8 Å². The Morgan fingerprint density at radius 3 is 2.53 bits per heavy atom. The van der Waals surface area contributed by atoms with Crippen LogP contribution in [0.5, 0.6) is 0 Å². The van der Waals surface area contributed by atoms with E-state index in [-0.39, 0.29) is 37.5 Å². The highest BCUT2D eigenvalue weighted by atomic mass is 16.5. The van der Waals surface area contributed by atoms with Crippen LogP contribution in [0.1, 0.15) is 26.3 Å². The van der Waals surface area contributed by atoms with Gasteiger partial charge in [0.25, 0.3) is 0 Å². The number of nitrogens with zero attached hydrogens (tertiary/aromatic N) is 3. The molecule has 0 saturated carbocycles. The number of aromatic nitrogens is 1. The summed E-state index contributed by atoms with van der Waals surface area (Å²) in [6.45, 7) is 5.63. The summed E-state index contributed by atoms with van der Waals surface area (Å²) in [6.07, 6.45) is 3.40. The predicted octanol–water partition coefficient (Wildman–Crippen LogP) is -0.0674. The standard InChI is InChI=1S/C20H29N5O5/c1-13(2)22-20(29)24-8-9-25(14(3)26)17(12-24)18(27)23-16(19(28)30-4)10-15-6-5-7-21-11-15/h5-7,11,13,16-17H,8-10,12H2,1-4H3,(H,22,29)(H,23,27). The lowest BCUT2D eigenvalue weighted by Gasteiger charge is -2.40. The van der Waals surface area contributed by atoms with Gasteiger partial charge in [0.2, 0.25) is 11.8 Å². The van der Waals surface area contributed by atoms with Gasteiger partial charge in [0, 0.05) is 44.9 Å². The zero-order valence-electron chi connectivity index (χ0n) is 17.8. The van der Waals surface area contributed by atoms with E-state index in [0.29, 0.717) is 6.54 Å². The van der Waals surface area contributed by atoms with Crippen LogP contribution >= 0.6 is 0 Å². The number of carbonyl (C=O) groups excluding carboxylic acids is 4. The normalized spacial score (nSPS) is 17.3. The molecule has 0 aromatic carbocycles. The van der Waals surface area contributed by atoms with Gasteiger partial charge in [-0.2, -0.15) is 0 Å². The summed E-state index contributed by atoms with van der Waals surface area (Å²) in [5, 5.41) is 5.47. The van der Waals surface area contributed by atoms with Gasteiger partial charge in [0.15, 0.2) is 0 Å². The summed E-state index contributed by atoms with van der Waals surface area (Å²) in [6, 6.07) is 1.31. The fraction of sp³-hybridized carbons (Fsp3) is 0.550. The molecule has 0 bridgehead atoms. The Morgan fingerprint density at radius 2 is 1.97 bits per heavy atom. The molecule has 2 unspecified atom stereocenters. The molecule has 164 valence electrons. The van der Waals surface area contributed by atoms with E-state index in [0.717, 1.165) is 5.56 Å². The molecular weight excluding hydrogens is 390 g/mol. The quantitative estimate of drug-likeness (QED) is 0.623. The highest BCUT2D eigenvalue weighted by Crippen LogP contribution is 2.13. The smallest absolute Gasteiger partial charge is 0.328 e. The number of hydrogen-bond acceptors (Lipinski definition) is 6. The molecule has 2 N–H and O–H groups in total. The van der Waals surface area contributed by atoms with Gasteiger partial charge in [0.1, 0.15) is 12.1 Å². The minimum atomic E-state index is -0.944. The van der Waals surface area contributed by atoms with Crippen molar-refractivity contribution in [2.45, 2.75) is 45.3 Å². The van der Waals surface area contributed by atoms with Gasteiger partial charge < -0.3 is 25.2 Å².